The molecule has 1 rings (SSSR count). The molecular weight excluding hydrogens is 210 g/mol. The van der Waals surface area contributed by atoms with Crippen LogP contribution in [-0.2, 0) is 4.79 Å². The lowest BCUT2D eigenvalue weighted by molar-refractivity contribution is -0.119. The van der Waals surface area contributed by atoms with Crippen molar-refractivity contribution in [3.63, 3.8) is 0 Å². The molecule has 0 aliphatic rings. The maximum absolute atomic E-state index is 12.0. The van der Waals surface area contributed by atoms with Crippen molar-refractivity contribution in [2.75, 3.05) is 5.32 Å². The summed E-state index contributed by atoms with van der Waals surface area (Å²) >= 11 is 0. The summed E-state index contributed by atoms with van der Waals surface area (Å²) in [7, 11) is 0. The van der Waals surface area contributed by atoms with E-state index in [9.17, 15) is 4.79 Å². The second kappa shape index (κ2) is 5.85. The maximum Gasteiger partial charge on any atom is 0.227 e. The molecule has 0 saturated heterocycles. The fourth-order valence-electron chi connectivity index (χ4n) is 1.77. The van der Waals surface area contributed by atoms with E-state index in [1.807, 2.05) is 32.9 Å². The van der Waals surface area contributed by atoms with E-state index in [1.165, 1.54) is 5.56 Å². The van der Waals surface area contributed by atoms with Crippen LogP contribution in [0.1, 0.15) is 51.2 Å². The third-order valence-corrected chi connectivity index (χ3v) is 3.24. The van der Waals surface area contributed by atoms with E-state index >= 15 is 0 Å². The predicted molar refractivity (Wildman–Crippen MR) is 73.4 cm³/mol. The monoisotopic (exact) mass is 233 g/mol. The van der Waals surface area contributed by atoms with E-state index in [2.05, 4.69) is 25.2 Å². The summed E-state index contributed by atoms with van der Waals surface area (Å²) in [5.74, 6) is 0.598. The fourth-order valence-corrected chi connectivity index (χ4v) is 1.77. The number of rotatable bonds is 4. The van der Waals surface area contributed by atoms with Crippen molar-refractivity contribution in [2.24, 2.45) is 5.92 Å². The topological polar surface area (TPSA) is 29.1 Å². The molecular formula is C15H23NO. The van der Waals surface area contributed by atoms with Crippen LogP contribution in [0.2, 0.25) is 0 Å². The lowest BCUT2D eigenvalue weighted by atomic mass is 9.97. The first-order chi connectivity index (χ1) is 7.97. The molecule has 94 valence electrons. The average molecular weight is 233 g/mol. The lowest BCUT2D eigenvalue weighted by Gasteiger charge is -2.18. The molecule has 0 saturated carbocycles. The van der Waals surface area contributed by atoms with E-state index in [-0.39, 0.29) is 11.8 Å². The number of para-hydroxylation sites is 1. The van der Waals surface area contributed by atoms with Crippen molar-refractivity contribution < 1.29 is 4.79 Å². The van der Waals surface area contributed by atoms with Crippen LogP contribution in [0.25, 0.3) is 0 Å². The molecule has 2 heteroatoms. The van der Waals surface area contributed by atoms with Crippen LogP contribution in [0.5, 0.6) is 0 Å². The quantitative estimate of drug-likeness (QED) is 0.833. The third-order valence-electron chi connectivity index (χ3n) is 3.24. The summed E-state index contributed by atoms with van der Waals surface area (Å²) in [6.45, 7) is 10.3. The number of nitrogens with one attached hydrogen (secondary N) is 1. The molecule has 0 spiro atoms. The second-order valence-electron chi connectivity index (χ2n) is 4.99. The summed E-state index contributed by atoms with van der Waals surface area (Å²) in [6, 6.07) is 6.17. The molecule has 1 unspecified atom stereocenters. The van der Waals surface area contributed by atoms with Gasteiger partial charge in [0.25, 0.3) is 0 Å². The smallest absolute Gasteiger partial charge is 0.227 e. The molecule has 0 aromatic heterocycles. The molecule has 1 aromatic rings. The van der Waals surface area contributed by atoms with Crippen molar-refractivity contribution in [2.45, 2.75) is 47.0 Å². The summed E-state index contributed by atoms with van der Waals surface area (Å²) in [4.78, 5) is 12.0. The highest BCUT2D eigenvalue weighted by molar-refractivity contribution is 5.93. The number of benzene rings is 1. The minimum atomic E-state index is 0.0645. The number of anilines is 1. The van der Waals surface area contributed by atoms with E-state index in [0.29, 0.717) is 5.92 Å². The number of hydrogen-bond donors (Lipinski definition) is 1. The minimum absolute atomic E-state index is 0.0645. The van der Waals surface area contributed by atoms with Crippen LogP contribution in [-0.4, -0.2) is 5.91 Å². The van der Waals surface area contributed by atoms with Gasteiger partial charge in [0.05, 0.1) is 0 Å². The van der Waals surface area contributed by atoms with Gasteiger partial charge < -0.3 is 5.32 Å². The highest BCUT2D eigenvalue weighted by atomic mass is 16.1. The van der Waals surface area contributed by atoms with Crippen molar-refractivity contribution in [3.8, 4) is 0 Å². The van der Waals surface area contributed by atoms with Gasteiger partial charge in [0.2, 0.25) is 5.91 Å². The number of amides is 1. The molecule has 0 aliphatic heterocycles. The maximum atomic E-state index is 12.0. The zero-order chi connectivity index (χ0) is 13.0. The fraction of sp³-hybridized carbons (Fsp3) is 0.533. The lowest BCUT2D eigenvalue weighted by Crippen LogP contribution is -2.21. The van der Waals surface area contributed by atoms with E-state index < -0.39 is 0 Å². The molecule has 2 nitrogen and oxygen atoms in total. The first kappa shape index (κ1) is 13.8. The average Bonchev–Trinajstić information content (AvgIpc) is 2.30. The molecule has 17 heavy (non-hydrogen) atoms. The van der Waals surface area contributed by atoms with Gasteiger partial charge in [0.1, 0.15) is 0 Å². The van der Waals surface area contributed by atoms with Crippen molar-refractivity contribution in [3.05, 3.63) is 29.3 Å². The Morgan fingerprint density at radius 3 is 2.47 bits per heavy atom. The van der Waals surface area contributed by atoms with Gasteiger partial charge in [-0.25, -0.2) is 0 Å². The third kappa shape index (κ3) is 3.32. The highest BCUT2D eigenvalue weighted by Gasteiger charge is 2.15. The van der Waals surface area contributed by atoms with Crippen LogP contribution in [0.3, 0.4) is 0 Å². The number of carbonyl (C=O) groups excluding carboxylic acids is 1. The van der Waals surface area contributed by atoms with E-state index in [1.54, 1.807) is 0 Å². The molecule has 0 radical (unpaired) electrons. The van der Waals surface area contributed by atoms with Crippen LogP contribution >= 0.6 is 0 Å². The van der Waals surface area contributed by atoms with Gasteiger partial charge in [-0.05, 0) is 30.4 Å². The summed E-state index contributed by atoms with van der Waals surface area (Å²) in [5, 5.41) is 3.07. The number of carbonyl (C=O) groups is 1. The van der Waals surface area contributed by atoms with Gasteiger partial charge in [0.15, 0.2) is 0 Å². The molecule has 1 amide bonds. The second-order valence-corrected chi connectivity index (χ2v) is 4.99. The van der Waals surface area contributed by atoms with Gasteiger partial charge >= 0.3 is 0 Å². The van der Waals surface area contributed by atoms with Crippen molar-refractivity contribution >= 4 is 11.6 Å². The molecule has 0 aliphatic carbocycles. The SMILES string of the molecule is CCC(C)C(=O)Nc1c(C)cccc1C(C)C. The van der Waals surface area contributed by atoms with Crippen molar-refractivity contribution in [1.29, 1.82) is 0 Å². The molecule has 0 bridgehead atoms. The summed E-state index contributed by atoms with van der Waals surface area (Å²) in [6.07, 6.45) is 0.870. The summed E-state index contributed by atoms with van der Waals surface area (Å²) < 4.78 is 0. The number of hydrogen-bond acceptors (Lipinski definition) is 1. The zero-order valence-corrected chi connectivity index (χ0v) is 11.5. The van der Waals surface area contributed by atoms with Crippen LogP contribution in [0.4, 0.5) is 5.69 Å². The Labute approximate surface area is 104 Å². The van der Waals surface area contributed by atoms with Gasteiger partial charge in [-0.2, -0.15) is 0 Å². The molecule has 1 atom stereocenters. The molecule has 1 N–H and O–H groups in total. The Hall–Kier alpha value is -1.31. The number of aryl methyl sites for hydroxylation is 1. The van der Waals surface area contributed by atoms with Gasteiger partial charge in [-0.15, -0.1) is 0 Å². The van der Waals surface area contributed by atoms with Gasteiger partial charge in [-0.1, -0.05) is 45.9 Å². The Balaban J connectivity index is 3.01. The minimum Gasteiger partial charge on any atom is -0.325 e. The van der Waals surface area contributed by atoms with E-state index in [0.717, 1.165) is 17.7 Å². The van der Waals surface area contributed by atoms with Crippen molar-refractivity contribution in [1.82, 2.24) is 0 Å². The zero-order valence-electron chi connectivity index (χ0n) is 11.5. The Bertz CT molecular complexity index is 396. The van der Waals surface area contributed by atoms with Crippen LogP contribution in [0, 0.1) is 12.8 Å². The predicted octanol–water partition coefficient (Wildman–Crippen LogP) is 4.10. The van der Waals surface area contributed by atoms with E-state index in [4.69, 9.17) is 0 Å². The normalized spacial score (nSPS) is 12.6. The Morgan fingerprint density at radius 2 is 1.94 bits per heavy atom. The molecule has 0 fully saturated rings. The van der Waals surface area contributed by atoms with Crippen LogP contribution < -0.4 is 5.32 Å². The summed E-state index contributed by atoms with van der Waals surface area (Å²) in [5.41, 5.74) is 3.34. The van der Waals surface area contributed by atoms with Gasteiger partial charge in [0, 0.05) is 11.6 Å². The molecule has 0 heterocycles. The standard InChI is InChI=1S/C15H23NO/c1-6-11(4)15(17)16-14-12(5)8-7-9-13(14)10(2)3/h7-11H,6H2,1-5H3,(H,16,17). The van der Waals surface area contributed by atoms with Gasteiger partial charge in [-0.3, -0.25) is 4.79 Å². The molecule has 1 aromatic carbocycles. The highest BCUT2D eigenvalue weighted by Crippen LogP contribution is 2.27. The first-order valence-electron chi connectivity index (χ1n) is 6.37. The van der Waals surface area contributed by atoms with Crippen LogP contribution in [0.15, 0.2) is 18.2 Å². The largest absolute Gasteiger partial charge is 0.325 e. The Kier molecular flexibility index (Phi) is 4.73. The Morgan fingerprint density at radius 1 is 1.29 bits per heavy atom. The first-order valence-corrected chi connectivity index (χ1v) is 6.37.